The van der Waals surface area contributed by atoms with Crippen LogP contribution in [-0.2, 0) is 28.5 Å². The first-order valence-corrected chi connectivity index (χ1v) is 11.1. The molecule has 1 heterocycles. The lowest BCUT2D eigenvalue weighted by Crippen LogP contribution is -2.58. The zero-order chi connectivity index (χ0) is 25.3. The van der Waals surface area contributed by atoms with Gasteiger partial charge in [-0.25, -0.2) is 14.4 Å². The molecule has 3 aromatic rings. The molecule has 1 saturated heterocycles. The second-order valence-electron chi connectivity index (χ2n) is 7.72. The molecule has 0 radical (unpaired) electrons. The van der Waals surface area contributed by atoms with Crippen molar-refractivity contribution in [1.29, 1.82) is 0 Å². The van der Waals surface area contributed by atoms with Crippen LogP contribution in [0.1, 0.15) is 31.1 Å². The Balaban J connectivity index is 1.64. The van der Waals surface area contributed by atoms with Crippen LogP contribution < -0.4 is 0 Å². The molecule has 9 heteroatoms. The second-order valence-corrected chi connectivity index (χ2v) is 7.72. The number of ether oxygens (including phenoxy) is 5. The Bertz CT molecular complexity index is 1180. The van der Waals surface area contributed by atoms with Gasteiger partial charge in [-0.3, -0.25) is 4.79 Å². The Morgan fingerprint density at radius 3 is 1.50 bits per heavy atom. The van der Waals surface area contributed by atoms with Crippen LogP contribution in [0.5, 0.6) is 0 Å². The van der Waals surface area contributed by atoms with Crippen molar-refractivity contribution in [1.82, 2.24) is 0 Å². The van der Waals surface area contributed by atoms with Gasteiger partial charge in [-0.2, -0.15) is 0 Å². The molecule has 3 aromatic carbocycles. The summed E-state index contributed by atoms with van der Waals surface area (Å²) in [5.41, 5.74) is 0.687. The van der Waals surface area contributed by atoms with Crippen LogP contribution in [-0.4, -0.2) is 55.6 Å². The summed E-state index contributed by atoms with van der Waals surface area (Å²) in [7, 11) is 0. The molecule has 0 unspecified atom stereocenters. The molecule has 184 valence electrons. The van der Waals surface area contributed by atoms with Gasteiger partial charge in [0.2, 0.25) is 12.4 Å². The first kappa shape index (κ1) is 24.6. The van der Waals surface area contributed by atoms with Gasteiger partial charge in [0.05, 0.1) is 23.3 Å². The fourth-order valence-electron chi connectivity index (χ4n) is 3.60. The van der Waals surface area contributed by atoms with Gasteiger partial charge in [-0.1, -0.05) is 54.6 Å². The minimum Gasteiger partial charge on any atom is -0.452 e. The van der Waals surface area contributed by atoms with E-state index in [9.17, 15) is 19.2 Å². The average Bonchev–Trinajstić information content (AvgIpc) is 2.93. The van der Waals surface area contributed by atoms with E-state index in [1.54, 1.807) is 66.7 Å². The van der Waals surface area contributed by atoms with Crippen molar-refractivity contribution in [3.05, 3.63) is 108 Å². The number of esters is 3. The third kappa shape index (κ3) is 5.94. The van der Waals surface area contributed by atoms with Gasteiger partial charge >= 0.3 is 17.9 Å². The Hall–Kier alpha value is -4.50. The van der Waals surface area contributed by atoms with Gasteiger partial charge in [-0.15, -0.1) is 0 Å². The van der Waals surface area contributed by atoms with Crippen LogP contribution in [0.4, 0.5) is 0 Å². The van der Waals surface area contributed by atoms with Crippen molar-refractivity contribution in [2.24, 2.45) is 0 Å². The molecule has 4 atom stereocenters. The first-order chi connectivity index (χ1) is 17.6. The molecule has 1 fully saturated rings. The summed E-state index contributed by atoms with van der Waals surface area (Å²) in [5.74, 6) is -2.23. The van der Waals surface area contributed by atoms with Gasteiger partial charge in [0.15, 0.2) is 12.2 Å². The van der Waals surface area contributed by atoms with E-state index in [4.69, 9.17) is 23.7 Å². The first-order valence-electron chi connectivity index (χ1n) is 11.1. The molecule has 0 N–H and O–H groups in total. The summed E-state index contributed by atoms with van der Waals surface area (Å²) in [6.45, 7) is -0.163. The van der Waals surface area contributed by atoms with Crippen LogP contribution >= 0.6 is 0 Å². The van der Waals surface area contributed by atoms with E-state index < -0.39 is 42.5 Å². The predicted molar refractivity (Wildman–Crippen MR) is 124 cm³/mol. The molecule has 0 aliphatic carbocycles. The zero-order valence-electron chi connectivity index (χ0n) is 18.9. The van der Waals surface area contributed by atoms with Gasteiger partial charge < -0.3 is 23.7 Å². The monoisotopic (exact) mass is 490 g/mol. The van der Waals surface area contributed by atoms with E-state index in [1.807, 2.05) is 0 Å². The molecule has 1 aliphatic rings. The molecule has 0 amide bonds. The van der Waals surface area contributed by atoms with Crippen molar-refractivity contribution >= 4 is 24.4 Å². The maximum atomic E-state index is 12.9. The van der Waals surface area contributed by atoms with E-state index in [0.29, 0.717) is 0 Å². The molecular formula is C27H22O9. The molecule has 9 nitrogen and oxygen atoms in total. The van der Waals surface area contributed by atoms with E-state index in [2.05, 4.69) is 0 Å². The highest BCUT2D eigenvalue weighted by molar-refractivity contribution is 5.91. The Kier molecular flexibility index (Phi) is 8.05. The topological polar surface area (TPSA) is 114 Å². The smallest absolute Gasteiger partial charge is 0.338 e. The summed E-state index contributed by atoms with van der Waals surface area (Å²) in [5, 5.41) is 0. The molecule has 0 saturated carbocycles. The maximum Gasteiger partial charge on any atom is 0.338 e. The van der Waals surface area contributed by atoms with E-state index in [0.717, 1.165) is 0 Å². The lowest BCUT2D eigenvalue weighted by Gasteiger charge is -2.39. The molecular weight excluding hydrogens is 468 g/mol. The van der Waals surface area contributed by atoms with Gasteiger partial charge in [0, 0.05) is 0 Å². The SMILES string of the molecule is O=CO[C@H]1OC[C@@H](OC(=O)c2ccccc2)[C@@H](OC(=O)c2ccccc2)[C@@H]1OC(=O)c1ccccc1. The molecule has 1 aliphatic heterocycles. The lowest BCUT2D eigenvalue weighted by atomic mass is 10.0. The van der Waals surface area contributed by atoms with E-state index >= 15 is 0 Å². The Morgan fingerprint density at radius 2 is 1.06 bits per heavy atom. The van der Waals surface area contributed by atoms with E-state index in [-0.39, 0.29) is 29.8 Å². The van der Waals surface area contributed by atoms with Crippen LogP contribution in [0.15, 0.2) is 91.0 Å². The quantitative estimate of drug-likeness (QED) is 0.267. The summed E-state index contributed by atoms with van der Waals surface area (Å²) < 4.78 is 27.4. The van der Waals surface area contributed by atoms with Gasteiger partial charge in [-0.05, 0) is 36.4 Å². The van der Waals surface area contributed by atoms with Crippen molar-refractivity contribution < 1.29 is 42.9 Å². The number of benzene rings is 3. The second kappa shape index (κ2) is 11.8. The normalized spacial score (nSPS) is 21.0. The van der Waals surface area contributed by atoms with E-state index in [1.165, 1.54) is 24.3 Å². The fraction of sp³-hybridized carbons (Fsp3) is 0.185. The highest BCUT2D eigenvalue weighted by atomic mass is 16.7. The summed E-state index contributed by atoms with van der Waals surface area (Å²) in [6, 6.07) is 24.4. The van der Waals surface area contributed by atoms with Crippen molar-refractivity contribution in [3.63, 3.8) is 0 Å². The minimum absolute atomic E-state index is 0.125. The zero-order valence-corrected chi connectivity index (χ0v) is 18.9. The lowest BCUT2D eigenvalue weighted by molar-refractivity contribution is -0.256. The standard InChI is InChI=1S/C27H22O9/c28-17-33-27-23(36-26(31)20-14-8-3-9-15-20)22(35-25(30)19-12-6-2-7-13-19)21(16-32-27)34-24(29)18-10-4-1-5-11-18/h1-15,17,21-23,27H,16H2/t21-,22-,23+,27-/m1/s1. The van der Waals surface area contributed by atoms with Crippen molar-refractivity contribution in [2.75, 3.05) is 6.61 Å². The third-order valence-corrected chi connectivity index (χ3v) is 5.35. The van der Waals surface area contributed by atoms with Crippen molar-refractivity contribution in [2.45, 2.75) is 24.6 Å². The molecule has 0 spiro atoms. The molecule has 4 rings (SSSR count). The number of hydrogen-bond donors (Lipinski definition) is 0. The molecule has 0 aromatic heterocycles. The summed E-state index contributed by atoms with van der Waals surface area (Å²) in [4.78, 5) is 49.7. The Morgan fingerprint density at radius 1 is 0.639 bits per heavy atom. The van der Waals surface area contributed by atoms with Crippen LogP contribution in [0.25, 0.3) is 0 Å². The number of rotatable bonds is 8. The minimum atomic E-state index is -1.43. The summed E-state index contributed by atoms with van der Waals surface area (Å²) >= 11 is 0. The fourth-order valence-corrected chi connectivity index (χ4v) is 3.60. The highest BCUT2D eigenvalue weighted by Crippen LogP contribution is 2.27. The highest BCUT2D eigenvalue weighted by Gasteiger charge is 2.49. The number of hydrogen-bond acceptors (Lipinski definition) is 9. The average molecular weight is 490 g/mol. The Labute approximate surface area is 206 Å². The molecule has 0 bridgehead atoms. The van der Waals surface area contributed by atoms with Gasteiger partial charge in [0.25, 0.3) is 6.47 Å². The summed E-state index contributed by atoms with van der Waals surface area (Å²) in [6.07, 6.45) is -5.37. The molecule has 36 heavy (non-hydrogen) atoms. The maximum absolute atomic E-state index is 12.9. The largest absolute Gasteiger partial charge is 0.452 e. The van der Waals surface area contributed by atoms with Crippen LogP contribution in [0, 0.1) is 0 Å². The van der Waals surface area contributed by atoms with Crippen molar-refractivity contribution in [3.8, 4) is 0 Å². The number of carbonyl (C=O) groups is 4. The van der Waals surface area contributed by atoms with Gasteiger partial charge in [0.1, 0.15) is 0 Å². The predicted octanol–water partition coefficient (Wildman–Crippen LogP) is 3.19. The van der Waals surface area contributed by atoms with Crippen LogP contribution in [0.3, 0.4) is 0 Å². The van der Waals surface area contributed by atoms with Crippen LogP contribution in [0.2, 0.25) is 0 Å². The third-order valence-electron chi connectivity index (χ3n) is 5.35. The number of carbonyl (C=O) groups excluding carboxylic acids is 4.